The van der Waals surface area contributed by atoms with E-state index in [1.54, 1.807) is 12.1 Å². The minimum atomic E-state index is -0.949. The van der Waals surface area contributed by atoms with Crippen molar-refractivity contribution in [3.63, 3.8) is 0 Å². The molecule has 0 spiro atoms. The summed E-state index contributed by atoms with van der Waals surface area (Å²) in [4.78, 5) is 27.5. The molecule has 1 atom stereocenters. The molecule has 4 heteroatoms. The van der Waals surface area contributed by atoms with Crippen LogP contribution in [0.1, 0.15) is 29.2 Å². The number of carbonyl (C=O) groups is 2. The van der Waals surface area contributed by atoms with Crippen molar-refractivity contribution in [2.45, 2.75) is 25.8 Å². The third-order valence-electron chi connectivity index (χ3n) is 5.32. The fourth-order valence-electron chi connectivity index (χ4n) is 3.85. The first kappa shape index (κ1) is 18.0. The van der Waals surface area contributed by atoms with Crippen LogP contribution in [-0.2, 0) is 16.8 Å². The van der Waals surface area contributed by atoms with E-state index in [1.165, 1.54) is 4.90 Å². The van der Waals surface area contributed by atoms with Gasteiger partial charge in [-0.1, -0.05) is 72.3 Å². The highest BCUT2D eigenvalue weighted by Gasteiger charge is 2.48. The average molecular weight is 371 g/mol. The Balaban J connectivity index is 1.81. The number of nitrogens with zero attached hydrogens (tertiary/aromatic N) is 1. The summed E-state index contributed by atoms with van der Waals surface area (Å²) in [5.74, 6) is 0.139. The third-order valence-corrected chi connectivity index (χ3v) is 5.32. The number of benzene rings is 3. The van der Waals surface area contributed by atoms with Crippen LogP contribution in [0, 0.1) is 6.92 Å². The van der Waals surface area contributed by atoms with Crippen LogP contribution in [0.4, 0.5) is 4.79 Å². The van der Waals surface area contributed by atoms with Crippen LogP contribution in [-0.4, -0.2) is 16.9 Å². The first-order valence-corrected chi connectivity index (χ1v) is 9.25. The molecule has 0 radical (unpaired) electrons. The SMILES string of the molecule is Cc1ccc(OC(=O)N2C(=O)Cc3ccccc3C2(C)c2ccccc2)cc1. The number of hydrogen-bond acceptors (Lipinski definition) is 3. The van der Waals surface area contributed by atoms with Crippen LogP contribution in [0.25, 0.3) is 0 Å². The predicted octanol–water partition coefficient (Wildman–Crippen LogP) is 4.84. The van der Waals surface area contributed by atoms with Gasteiger partial charge in [-0.05, 0) is 42.7 Å². The Labute approximate surface area is 164 Å². The maximum atomic E-state index is 13.1. The molecule has 4 rings (SSSR count). The summed E-state index contributed by atoms with van der Waals surface area (Å²) >= 11 is 0. The van der Waals surface area contributed by atoms with Gasteiger partial charge in [0, 0.05) is 0 Å². The van der Waals surface area contributed by atoms with Gasteiger partial charge in [0.25, 0.3) is 0 Å². The van der Waals surface area contributed by atoms with Crippen LogP contribution >= 0.6 is 0 Å². The van der Waals surface area contributed by atoms with Gasteiger partial charge in [-0.3, -0.25) is 4.79 Å². The van der Waals surface area contributed by atoms with Crippen molar-refractivity contribution in [2.24, 2.45) is 0 Å². The van der Waals surface area contributed by atoms with E-state index in [9.17, 15) is 9.59 Å². The van der Waals surface area contributed by atoms with Gasteiger partial charge in [-0.2, -0.15) is 0 Å². The molecule has 3 aromatic carbocycles. The highest BCUT2D eigenvalue weighted by atomic mass is 16.6. The van der Waals surface area contributed by atoms with Crippen molar-refractivity contribution < 1.29 is 14.3 Å². The summed E-state index contributed by atoms with van der Waals surface area (Å²) < 4.78 is 5.58. The van der Waals surface area contributed by atoms with Gasteiger partial charge >= 0.3 is 6.09 Å². The zero-order chi connectivity index (χ0) is 19.7. The first-order chi connectivity index (χ1) is 13.5. The van der Waals surface area contributed by atoms with Crippen molar-refractivity contribution in [3.8, 4) is 5.75 Å². The zero-order valence-electron chi connectivity index (χ0n) is 15.9. The number of ether oxygens (including phenoxy) is 1. The van der Waals surface area contributed by atoms with Gasteiger partial charge in [0.1, 0.15) is 11.3 Å². The highest BCUT2D eigenvalue weighted by molar-refractivity contribution is 5.97. The molecular formula is C24H21NO3. The predicted molar refractivity (Wildman–Crippen MR) is 107 cm³/mol. The van der Waals surface area contributed by atoms with Crippen molar-refractivity contribution in [1.29, 1.82) is 0 Å². The molecule has 4 nitrogen and oxygen atoms in total. The standard InChI is InChI=1S/C24H21NO3/c1-17-12-14-20(15-13-17)28-23(27)25-22(26)16-18-8-6-7-11-21(18)24(25,2)19-9-4-3-5-10-19/h3-15H,16H2,1-2H3. The fraction of sp³-hybridized carbons (Fsp3) is 0.167. The minimum absolute atomic E-state index is 0.168. The topological polar surface area (TPSA) is 46.6 Å². The maximum Gasteiger partial charge on any atom is 0.423 e. The molecule has 0 aliphatic carbocycles. The molecule has 1 aliphatic rings. The number of carbonyl (C=O) groups excluding carboxylic acids is 2. The second-order valence-corrected chi connectivity index (χ2v) is 7.18. The maximum absolute atomic E-state index is 13.1. The Kier molecular flexibility index (Phi) is 4.47. The van der Waals surface area contributed by atoms with Crippen LogP contribution in [0.3, 0.4) is 0 Å². The number of amides is 2. The Morgan fingerprint density at radius 2 is 1.57 bits per heavy atom. The highest BCUT2D eigenvalue weighted by Crippen LogP contribution is 2.41. The monoisotopic (exact) mass is 371 g/mol. The van der Waals surface area contributed by atoms with Crippen molar-refractivity contribution in [2.75, 3.05) is 0 Å². The van der Waals surface area contributed by atoms with Gasteiger partial charge in [0.05, 0.1) is 6.42 Å². The number of aryl methyl sites for hydroxylation is 1. The lowest BCUT2D eigenvalue weighted by molar-refractivity contribution is -0.133. The van der Waals surface area contributed by atoms with Crippen molar-refractivity contribution in [1.82, 2.24) is 4.90 Å². The Bertz CT molecular complexity index is 1030. The van der Waals surface area contributed by atoms with E-state index in [2.05, 4.69) is 0 Å². The summed E-state index contributed by atoms with van der Waals surface area (Å²) in [6, 6.07) is 24.6. The van der Waals surface area contributed by atoms with E-state index in [0.29, 0.717) is 5.75 Å². The van der Waals surface area contributed by atoms with Crippen LogP contribution < -0.4 is 4.74 Å². The lowest BCUT2D eigenvalue weighted by atomic mass is 9.77. The van der Waals surface area contributed by atoms with E-state index in [-0.39, 0.29) is 12.3 Å². The van der Waals surface area contributed by atoms with Crippen LogP contribution in [0.15, 0.2) is 78.9 Å². The average Bonchev–Trinajstić information content (AvgIpc) is 2.70. The molecule has 1 heterocycles. The van der Waals surface area contributed by atoms with Gasteiger partial charge in [0.2, 0.25) is 5.91 Å². The molecular weight excluding hydrogens is 350 g/mol. The van der Waals surface area contributed by atoms with Gasteiger partial charge in [-0.15, -0.1) is 0 Å². The number of rotatable bonds is 2. The molecule has 2 amide bonds. The molecule has 28 heavy (non-hydrogen) atoms. The Hall–Kier alpha value is -3.40. The molecule has 3 aromatic rings. The zero-order valence-corrected chi connectivity index (χ0v) is 15.9. The van der Waals surface area contributed by atoms with E-state index < -0.39 is 11.6 Å². The molecule has 1 aliphatic heterocycles. The van der Waals surface area contributed by atoms with Crippen molar-refractivity contribution >= 4 is 12.0 Å². The molecule has 140 valence electrons. The Morgan fingerprint density at radius 1 is 0.929 bits per heavy atom. The summed E-state index contributed by atoms with van der Waals surface area (Å²) in [5, 5.41) is 0. The molecule has 0 N–H and O–H groups in total. The van der Waals surface area contributed by atoms with E-state index in [4.69, 9.17) is 4.74 Å². The quantitative estimate of drug-likeness (QED) is 0.647. The number of fused-ring (bicyclic) bond motifs is 1. The van der Waals surface area contributed by atoms with Gasteiger partial charge in [0.15, 0.2) is 0 Å². The molecule has 0 aromatic heterocycles. The summed E-state index contributed by atoms with van der Waals surface area (Å²) in [6.45, 7) is 3.86. The van der Waals surface area contributed by atoms with E-state index >= 15 is 0 Å². The lowest BCUT2D eigenvalue weighted by Crippen LogP contribution is -2.56. The first-order valence-electron chi connectivity index (χ1n) is 9.25. The molecule has 0 saturated carbocycles. The van der Waals surface area contributed by atoms with E-state index in [0.717, 1.165) is 22.3 Å². The van der Waals surface area contributed by atoms with E-state index in [1.807, 2.05) is 80.6 Å². The third kappa shape index (κ3) is 2.97. The summed E-state index contributed by atoms with van der Waals surface area (Å²) in [6.07, 6.45) is -0.503. The van der Waals surface area contributed by atoms with Crippen LogP contribution in [0.2, 0.25) is 0 Å². The molecule has 0 saturated heterocycles. The Morgan fingerprint density at radius 3 is 2.29 bits per heavy atom. The fourth-order valence-corrected chi connectivity index (χ4v) is 3.85. The normalized spacial score (nSPS) is 18.5. The van der Waals surface area contributed by atoms with Crippen molar-refractivity contribution in [3.05, 3.63) is 101 Å². The second kappa shape index (κ2) is 6.97. The summed E-state index contributed by atoms with van der Waals surface area (Å²) in [5.41, 5.74) is 2.84. The molecule has 0 bridgehead atoms. The largest absolute Gasteiger partial charge is 0.423 e. The molecule has 0 fully saturated rings. The van der Waals surface area contributed by atoms with Crippen LogP contribution in [0.5, 0.6) is 5.75 Å². The molecule has 1 unspecified atom stereocenters. The summed E-state index contributed by atoms with van der Waals surface area (Å²) in [7, 11) is 0. The smallest absolute Gasteiger partial charge is 0.410 e. The lowest BCUT2D eigenvalue weighted by Gasteiger charge is -2.44. The number of hydrogen-bond donors (Lipinski definition) is 0. The minimum Gasteiger partial charge on any atom is -0.410 e. The van der Waals surface area contributed by atoms with Gasteiger partial charge in [-0.25, -0.2) is 9.69 Å². The second-order valence-electron chi connectivity index (χ2n) is 7.18. The van der Waals surface area contributed by atoms with Gasteiger partial charge < -0.3 is 4.74 Å². The number of imide groups is 1.